The Balaban J connectivity index is 1.59. The van der Waals surface area contributed by atoms with E-state index in [9.17, 15) is 14.4 Å². The van der Waals surface area contributed by atoms with Gasteiger partial charge >= 0.3 is 6.03 Å². The minimum Gasteiger partial charge on any atom is -0.354 e. The number of rotatable bonds is 6. The van der Waals surface area contributed by atoms with Crippen LogP contribution in [0.15, 0.2) is 24.3 Å². The van der Waals surface area contributed by atoms with Gasteiger partial charge in [-0.3, -0.25) is 19.5 Å². The third kappa shape index (κ3) is 4.71. The molecule has 33 heavy (non-hydrogen) atoms. The SMILES string of the molecule is Cc1ccc(CN2NC3N(CC(C)C)C(=O)C4CCC(C(=O)NC(C)C)CC4N3C2=O)cc1. The lowest BCUT2D eigenvalue weighted by Gasteiger charge is -2.50. The molecule has 4 amide bonds. The number of hydrogen-bond acceptors (Lipinski definition) is 4. The summed E-state index contributed by atoms with van der Waals surface area (Å²) in [5.74, 6) is -0.0437. The Morgan fingerprint density at radius 2 is 1.82 bits per heavy atom. The number of aryl methyl sites for hydroxylation is 1. The zero-order valence-electron chi connectivity index (χ0n) is 20.4. The molecule has 4 unspecified atom stereocenters. The van der Waals surface area contributed by atoms with Crippen LogP contribution in [0.5, 0.6) is 0 Å². The van der Waals surface area contributed by atoms with Crippen molar-refractivity contribution in [2.75, 3.05) is 6.54 Å². The van der Waals surface area contributed by atoms with Crippen molar-refractivity contribution in [2.24, 2.45) is 17.8 Å². The van der Waals surface area contributed by atoms with Crippen LogP contribution >= 0.6 is 0 Å². The first kappa shape index (κ1) is 23.5. The van der Waals surface area contributed by atoms with Gasteiger partial charge in [-0.15, -0.1) is 0 Å². The van der Waals surface area contributed by atoms with Gasteiger partial charge in [0.05, 0.1) is 12.5 Å². The molecule has 8 heteroatoms. The highest BCUT2D eigenvalue weighted by molar-refractivity contribution is 5.87. The highest BCUT2D eigenvalue weighted by atomic mass is 16.2. The van der Waals surface area contributed by atoms with Crippen molar-refractivity contribution in [3.63, 3.8) is 0 Å². The van der Waals surface area contributed by atoms with E-state index in [1.54, 1.807) is 5.01 Å². The van der Waals surface area contributed by atoms with Gasteiger partial charge in [0.15, 0.2) is 6.29 Å². The second-order valence-corrected chi connectivity index (χ2v) is 10.5. The molecule has 1 aliphatic carbocycles. The Kier molecular flexibility index (Phi) is 6.66. The first-order valence-electron chi connectivity index (χ1n) is 12.2. The third-order valence-corrected chi connectivity index (χ3v) is 6.88. The number of carbonyl (C=O) groups is 3. The molecule has 1 aromatic carbocycles. The molecule has 2 N–H and O–H groups in total. The molecule has 3 aliphatic rings. The Bertz CT molecular complexity index is 900. The van der Waals surface area contributed by atoms with Crippen LogP contribution in [0, 0.1) is 24.7 Å². The highest BCUT2D eigenvalue weighted by Gasteiger charge is 2.56. The van der Waals surface area contributed by atoms with Crippen LogP contribution in [0.2, 0.25) is 0 Å². The summed E-state index contributed by atoms with van der Waals surface area (Å²) in [7, 11) is 0. The van der Waals surface area contributed by atoms with Gasteiger partial charge in [-0.25, -0.2) is 4.79 Å². The van der Waals surface area contributed by atoms with Gasteiger partial charge in [0.1, 0.15) is 0 Å². The van der Waals surface area contributed by atoms with Gasteiger partial charge < -0.3 is 10.2 Å². The van der Waals surface area contributed by atoms with Crippen molar-refractivity contribution in [1.82, 2.24) is 25.6 Å². The van der Waals surface area contributed by atoms with Gasteiger partial charge in [0.25, 0.3) is 0 Å². The molecule has 4 atom stereocenters. The van der Waals surface area contributed by atoms with Crippen molar-refractivity contribution in [1.29, 1.82) is 0 Å². The third-order valence-electron chi connectivity index (χ3n) is 6.88. The largest absolute Gasteiger partial charge is 0.354 e. The van der Waals surface area contributed by atoms with Gasteiger partial charge in [-0.2, -0.15) is 5.43 Å². The molecule has 1 saturated carbocycles. The normalized spacial score (nSPS) is 27.3. The fraction of sp³-hybridized carbons (Fsp3) is 0.640. The number of hydrazine groups is 1. The number of nitrogens with one attached hydrogen (secondary N) is 2. The van der Waals surface area contributed by atoms with Gasteiger partial charge in [-0.05, 0) is 51.5 Å². The first-order valence-corrected chi connectivity index (χ1v) is 12.2. The molecule has 0 radical (unpaired) electrons. The number of fused-ring (bicyclic) bond motifs is 3. The summed E-state index contributed by atoms with van der Waals surface area (Å²) in [6.07, 6.45) is 1.31. The summed E-state index contributed by atoms with van der Waals surface area (Å²) in [5, 5.41) is 4.63. The van der Waals surface area contributed by atoms with Gasteiger partial charge in [-0.1, -0.05) is 43.7 Å². The molecule has 180 valence electrons. The van der Waals surface area contributed by atoms with E-state index >= 15 is 0 Å². The van der Waals surface area contributed by atoms with E-state index in [0.29, 0.717) is 32.4 Å². The quantitative estimate of drug-likeness (QED) is 0.691. The second kappa shape index (κ2) is 9.33. The summed E-state index contributed by atoms with van der Waals surface area (Å²) in [6.45, 7) is 11.1. The van der Waals surface area contributed by atoms with Crippen LogP contribution in [0.1, 0.15) is 58.1 Å². The lowest BCUT2D eigenvalue weighted by atomic mass is 9.75. The molecular formula is C25H37N5O3. The maximum Gasteiger partial charge on any atom is 0.337 e. The van der Waals surface area contributed by atoms with Crippen LogP contribution in [-0.2, 0) is 16.1 Å². The molecule has 0 bridgehead atoms. The molecule has 0 spiro atoms. The zero-order valence-corrected chi connectivity index (χ0v) is 20.4. The predicted molar refractivity (Wildman–Crippen MR) is 125 cm³/mol. The first-order chi connectivity index (χ1) is 15.7. The number of hydrogen-bond donors (Lipinski definition) is 2. The summed E-state index contributed by atoms with van der Waals surface area (Å²) in [5.41, 5.74) is 5.51. The van der Waals surface area contributed by atoms with E-state index in [0.717, 1.165) is 5.56 Å². The number of nitrogens with zero attached hydrogens (tertiary/aromatic N) is 3. The van der Waals surface area contributed by atoms with E-state index in [1.807, 2.05) is 54.8 Å². The van der Waals surface area contributed by atoms with Crippen molar-refractivity contribution >= 4 is 17.8 Å². The maximum atomic E-state index is 13.6. The van der Waals surface area contributed by atoms with Crippen molar-refractivity contribution in [2.45, 2.75) is 78.8 Å². The summed E-state index contributed by atoms with van der Waals surface area (Å²) >= 11 is 0. The number of urea groups is 1. The smallest absolute Gasteiger partial charge is 0.337 e. The lowest BCUT2D eigenvalue weighted by molar-refractivity contribution is -0.159. The molecular weight excluding hydrogens is 418 g/mol. The molecule has 2 saturated heterocycles. The fourth-order valence-electron chi connectivity index (χ4n) is 5.33. The average molecular weight is 456 g/mol. The molecule has 0 aromatic heterocycles. The Morgan fingerprint density at radius 1 is 1.12 bits per heavy atom. The molecule has 8 nitrogen and oxygen atoms in total. The van der Waals surface area contributed by atoms with Gasteiger partial charge in [0, 0.05) is 24.5 Å². The van der Waals surface area contributed by atoms with Crippen molar-refractivity contribution in [3.8, 4) is 0 Å². The molecule has 1 aromatic rings. The zero-order chi connectivity index (χ0) is 23.9. The van der Waals surface area contributed by atoms with E-state index in [1.165, 1.54) is 5.56 Å². The standard InChI is InChI=1S/C25H37N5O3/c1-15(2)13-28-23(32)20-11-10-19(22(31)26-16(3)4)12-21(20)30-24(28)27-29(25(30)33)14-18-8-6-17(5)7-9-18/h6-9,15-16,19-21,24,27H,10-14H2,1-5H3,(H,26,31). The monoisotopic (exact) mass is 455 g/mol. The number of amides is 4. The maximum absolute atomic E-state index is 13.6. The Morgan fingerprint density at radius 3 is 2.45 bits per heavy atom. The second-order valence-electron chi connectivity index (χ2n) is 10.5. The van der Waals surface area contributed by atoms with Crippen LogP contribution in [0.3, 0.4) is 0 Å². The molecule has 2 aliphatic heterocycles. The topological polar surface area (TPSA) is 85.0 Å². The van der Waals surface area contributed by atoms with Crippen molar-refractivity contribution in [3.05, 3.63) is 35.4 Å². The van der Waals surface area contributed by atoms with Crippen LogP contribution in [-0.4, -0.2) is 57.6 Å². The molecule has 4 rings (SSSR count). The Labute approximate surface area is 196 Å². The molecule has 3 fully saturated rings. The van der Waals surface area contributed by atoms with Crippen LogP contribution in [0.4, 0.5) is 4.79 Å². The summed E-state index contributed by atoms with van der Waals surface area (Å²) < 4.78 is 0. The predicted octanol–water partition coefficient (Wildman–Crippen LogP) is 2.83. The minimum atomic E-state index is -0.508. The average Bonchev–Trinajstić information content (AvgIpc) is 3.07. The minimum absolute atomic E-state index is 0.0215. The van der Waals surface area contributed by atoms with Crippen LogP contribution < -0.4 is 10.7 Å². The van der Waals surface area contributed by atoms with E-state index in [-0.39, 0.29) is 47.7 Å². The number of benzene rings is 1. The Hall–Kier alpha value is -2.61. The molecule has 2 heterocycles. The number of carbonyl (C=O) groups excluding carboxylic acids is 3. The van der Waals surface area contributed by atoms with E-state index in [2.05, 4.69) is 24.6 Å². The van der Waals surface area contributed by atoms with Crippen molar-refractivity contribution < 1.29 is 14.4 Å². The summed E-state index contributed by atoms with van der Waals surface area (Å²) in [4.78, 5) is 43.5. The lowest BCUT2D eigenvalue weighted by Crippen LogP contribution is -2.67. The van der Waals surface area contributed by atoms with E-state index < -0.39 is 6.29 Å². The fourth-order valence-corrected chi connectivity index (χ4v) is 5.33. The van der Waals surface area contributed by atoms with E-state index in [4.69, 9.17) is 0 Å². The highest BCUT2D eigenvalue weighted by Crippen LogP contribution is 2.40. The van der Waals surface area contributed by atoms with Crippen LogP contribution in [0.25, 0.3) is 0 Å². The summed E-state index contributed by atoms with van der Waals surface area (Å²) in [6, 6.07) is 7.78. The van der Waals surface area contributed by atoms with Gasteiger partial charge in [0.2, 0.25) is 11.8 Å².